The number of carbonyl (C=O) groups is 2. The van der Waals surface area contributed by atoms with Crippen LogP contribution in [0.2, 0.25) is 0 Å². The van der Waals surface area contributed by atoms with Crippen molar-refractivity contribution in [2.24, 2.45) is 0 Å². The smallest absolute Gasteiger partial charge is 0.310 e. The van der Waals surface area contributed by atoms with Gasteiger partial charge in [0.25, 0.3) is 0 Å². The zero-order valence-electron chi connectivity index (χ0n) is 12.2. The summed E-state index contributed by atoms with van der Waals surface area (Å²) in [5.74, 6) is -1.63. The number of hydrogen-bond acceptors (Lipinski definition) is 4. The number of benzene rings is 1. The van der Waals surface area contributed by atoms with Crippen molar-refractivity contribution in [2.45, 2.75) is 18.9 Å². The minimum atomic E-state index is -1.21. The van der Waals surface area contributed by atoms with E-state index in [-0.39, 0.29) is 12.8 Å². The Balaban J connectivity index is 2.59. The minimum Gasteiger partial charge on any atom is -0.550 e. The Labute approximate surface area is 119 Å². The Kier molecular flexibility index (Phi) is 5.70. The highest BCUT2D eigenvalue weighted by Gasteiger charge is 2.22. The lowest BCUT2D eigenvalue weighted by molar-refractivity contribution is -0.873. The van der Waals surface area contributed by atoms with E-state index in [0.717, 1.165) is 5.56 Å². The summed E-state index contributed by atoms with van der Waals surface area (Å²) >= 11 is 0. The topological polar surface area (TPSA) is 66.4 Å². The molecule has 1 rings (SSSR count). The molecule has 0 amide bonds. The maximum atomic E-state index is 11.8. The fourth-order valence-electron chi connectivity index (χ4n) is 1.93. The molecule has 0 N–H and O–H groups in total. The third-order valence-corrected chi connectivity index (χ3v) is 2.64. The van der Waals surface area contributed by atoms with Gasteiger partial charge < -0.3 is 19.1 Å². The number of rotatable bonds is 7. The largest absolute Gasteiger partial charge is 0.550 e. The molecular weight excluding hydrogens is 258 g/mol. The number of aliphatic carboxylic acids is 1. The highest BCUT2D eigenvalue weighted by atomic mass is 16.5. The van der Waals surface area contributed by atoms with Gasteiger partial charge in [-0.15, -0.1) is 0 Å². The molecule has 0 aromatic heterocycles. The van der Waals surface area contributed by atoms with Crippen molar-refractivity contribution in [1.82, 2.24) is 0 Å². The summed E-state index contributed by atoms with van der Waals surface area (Å²) in [4.78, 5) is 22.6. The number of ether oxygens (including phenoxy) is 1. The van der Waals surface area contributed by atoms with Crippen LogP contribution in [0, 0.1) is 0 Å². The fraction of sp³-hybridized carbons (Fsp3) is 0.467. The molecule has 5 nitrogen and oxygen atoms in total. The lowest BCUT2D eigenvalue weighted by atomic mass is 10.1. The molecule has 0 aliphatic rings. The SMILES string of the molecule is C[N+](C)(C)CC(CC(=O)[O-])OC(=O)Cc1ccccc1. The molecule has 0 bridgehead atoms. The van der Waals surface area contributed by atoms with E-state index < -0.39 is 18.0 Å². The van der Waals surface area contributed by atoms with Crippen molar-refractivity contribution in [2.75, 3.05) is 27.7 Å². The van der Waals surface area contributed by atoms with E-state index in [0.29, 0.717) is 11.0 Å². The molecule has 5 heteroatoms. The predicted octanol–water partition coefficient (Wildman–Crippen LogP) is -0.0129. The van der Waals surface area contributed by atoms with Gasteiger partial charge in [0.05, 0.1) is 27.6 Å². The van der Waals surface area contributed by atoms with Gasteiger partial charge in [0.1, 0.15) is 6.54 Å². The highest BCUT2D eigenvalue weighted by Crippen LogP contribution is 2.07. The van der Waals surface area contributed by atoms with Crippen LogP contribution in [0.4, 0.5) is 0 Å². The molecule has 0 heterocycles. The van der Waals surface area contributed by atoms with Crippen LogP contribution < -0.4 is 5.11 Å². The Morgan fingerprint density at radius 2 is 1.80 bits per heavy atom. The Morgan fingerprint density at radius 1 is 1.20 bits per heavy atom. The lowest BCUT2D eigenvalue weighted by Crippen LogP contribution is -2.45. The molecule has 1 atom stereocenters. The third-order valence-electron chi connectivity index (χ3n) is 2.64. The van der Waals surface area contributed by atoms with Crippen LogP contribution in [0.3, 0.4) is 0 Å². The monoisotopic (exact) mass is 279 g/mol. The number of esters is 1. The van der Waals surface area contributed by atoms with E-state index in [2.05, 4.69) is 0 Å². The molecule has 0 spiro atoms. The second-order valence-corrected chi connectivity index (χ2v) is 5.82. The Bertz CT molecular complexity index is 451. The van der Waals surface area contributed by atoms with Crippen LogP contribution in [0.25, 0.3) is 0 Å². The van der Waals surface area contributed by atoms with E-state index >= 15 is 0 Å². The zero-order valence-corrected chi connectivity index (χ0v) is 12.2. The van der Waals surface area contributed by atoms with Crippen LogP contribution in [0.15, 0.2) is 30.3 Å². The summed E-state index contributed by atoms with van der Waals surface area (Å²) in [6.07, 6.45) is -0.811. The van der Waals surface area contributed by atoms with Gasteiger partial charge in [-0.3, -0.25) is 4.79 Å². The standard InChI is InChI=1S/C15H21NO4/c1-16(2,3)11-13(10-14(17)18)20-15(19)9-12-7-5-4-6-8-12/h4-8,13H,9-11H2,1-3H3. The zero-order chi connectivity index (χ0) is 15.2. The second kappa shape index (κ2) is 7.05. The third kappa shape index (κ3) is 6.89. The molecule has 1 unspecified atom stereocenters. The number of likely N-dealkylation sites (N-methyl/N-ethyl adjacent to an activating group) is 1. The average Bonchev–Trinajstić information content (AvgIpc) is 2.26. The summed E-state index contributed by atoms with van der Waals surface area (Å²) in [6.45, 7) is 0.425. The van der Waals surface area contributed by atoms with Gasteiger partial charge in [0.15, 0.2) is 6.10 Å². The van der Waals surface area contributed by atoms with E-state index in [4.69, 9.17) is 4.74 Å². The molecule has 1 aromatic carbocycles. The Morgan fingerprint density at radius 3 is 2.30 bits per heavy atom. The number of quaternary nitrogens is 1. The van der Waals surface area contributed by atoms with Crippen molar-refractivity contribution in [1.29, 1.82) is 0 Å². The van der Waals surface area contributed by atoms with Crippen molar-refractivity contribution >= 4 is 11.9 Å². The first kappa shape index (κ1) is 16.2. The maximum Gasteiger partial charge on any atom is 0.310 e. The predicted molar refractivity (Wildman–Crippen MR) is 72.5 cm³/mol. The highest BCUT2D eigenvalue weighted by molar-refractivity contribution is 5.73. The first-order valence-corrected chi connectivity index (χ1v) is 6.50. The summed E-state index contributed by atoms with van der Waals surface area (Å²) < 4.78 is 5.78. The lowest BCUT2D eigenvalue weighted by Gasteiger charge is -2.29. The van der Waals surface area contributed by atoms with Gasteiger partial charge in [0.2, 0.25) is 0 Å². The van der Waals surface area contributed by atoms with Crippen molar-refractivity contribution < 1.29 is 23.9 Å². The van der Waals surface area contributed by atoms with Gasteiger partial charge in [0, 0.05) is 12.4 Å². The first-order chi connectivity index (χ1) is 9.26. The van der Waals surface area contributed by atoms with Crippen LogP contribution in [0.1, 0.15) is 12.0 Å². The number of carboxylic acid groups (broad SMARTS) is 1. The van der Waals surface area contributed by atoms with E-state index in [1.165, 1.54) is 0 Å². The van der Waals surface area contributed by atoms with Crippen LogP contribution in [-0.2, 0) is 20.7 Å². The van der Waals surface area contributed by atoms with Crippen LogP contribution in [-0.4, -0.2) is 50.2 Å². The van der Waals surface area contributed by atoms with Crippen LogP contribution in [0.5, 0.6) is 0 Å². The molecule has 0 radical (unpaired) electrons. The van der Waals surface area contributed by atoms with Crippen molar-refractivity contribution in [3.05, 3.63) is 35.9 Å². The molecule has 0 aliphatic heterocycles. The number of hydrogen-bond donors (Lipinski definition) is 0. The molecule has 20 heavy (non-hydrogen) atoms. The molecule has 0 saturated carbocycles. The fourth-order valence-corrected chi connectivity index (χ4v) is 1.93. The number of nitrogens with zero attached hydrogens (tertiary/aromatic N) is 1. The van der Waals surface area contributed by atoms with E-state index in [9.17, 15) is 14.7 Å². The average molecular weight is 279 g/mol. The van der Waals surface area contributed by atoms with Gasteiger partial charge in [-0.25, -0.2) is 0 Å². The quantitative estimate of drug-likeness (QED) is 0.520. The van der Waals surface area contributed by atoms with Crippen LogP contribution >= 0.6 is 0 Å². The normalized spacial score (nSPS) is 12.8. The van der Waals surface area contributed by atoms with Gasteiger partial charge in [-0.2, -0.15) is 0 Å². The first-order valence-electron chi connectivity index (χ1n) is 6.50. The van der Waals surface area contributed by atoms with Gasteiger partial charge in [-0.1, -0.05) is 30.3 Å². The molecular formula is C15H21NO4. The summed E-state index contributed by atoms with van der Waals surface area (Å²) in [6, 6.07) is 9.20. The molecule has 0 aliphatic carbocycles. The maximum absolute atomic E-state index is 11.8. The van der Waals surface area contributed by atoms with Gasteiger partial charge >= 0.3 is 5.97 Å². The second-order valence-electron chi connectivity index (χ2n) is 5.82. The summed E-state index contributed by atoms with van der Waals surface area (Å²) in [5, 5.41) is 10.7. The molecule has 0 saturated heterocycles. The number of carbonyl (C=O) groups excluding carboxylic acids is 2. The van der Waals surface area contributed by atoms with Gasteiger partial charge in [-0.05, 0) is 5.56 Å². The van der Waals surface area contributed by atoms with E-state index in [1.807, 2.05) is 51.5 Å². The van der Waals surface area contributed by atoms with E-state index in [1.54, 1.807) is 0 Å². The number of carboxylic acids is 1. The Hall–Kier alpha value is -1.88. The summed E-state index contributed by atoms with van der Waals surface area (Å²) in [7, 11) is 5.73. The molecule has 0 fully saturated rings. The minimum absolute atomic E-state index is 0.140. The van der Waals surface area contributed by atoms with Crippen molar-refractivity contribution in [3.63, 3.8) is 0 Å². The van der Waals surface area contributed by atoms with Crippen molar-refractivity contribution in [3.8, 4) is 0 Å². The molecule has 1 aromatic rings. The molecule has 110 valence electrons. The summed E-state index contributed by atoms with van der Waals surface area (Å²) in [5.41, 5.74) is 0.843.